The van der Waals surface area contributed by atoms with Crippen molar-refractivity contribution in [2.24, 2.45) is 29.6 Å². The zero-order chi connectivity index (χ0) is 17.6. The summed E-state index contributed by atoms with van der Waals surface area (Å²) < 4.78 is 5.19. The summed E-state index contributed by atoms with van der Waals surface area (Å²) >= 11 is 0. The van der Waals surface area contributed by atoms with Gasteiger partial charge in [-0.2, -0.15) is 0 Å². The fourth-order valence-electron chi connectivity index (χ4n) is 6.58. The number of carboxylic acid groups (broad SMARTS) is 1. The summed E-state index contributed by atoms with van der Waals surface area (Å²) in [6, 6.07) is -0.190. The van der Waals surface area contributed by atoms with Gasteiger partial charge in [-0.25, -0.2) is 9.59 Å². The van der Waals surface area contributed by atoms with Gasteiger partial charge in [-0.05, 0) is 74.5 Å². The Morgan fingerprint density at radius 2 is 1.76 bits per heavy atom. The van der Waals surface area contributed by atoms with E-state index in [4.69, 9.17) is 4.74 Å². The molecule has 5 fully saturated rings. The Balaban J connectivity index is 1.52. The van der Waals surface area contributed by atoms with Crippen molar-refractivity contribution in [3.8, 4) is 0 Å². The summed E-state index contributed by atoms with van der Waals surface area (Å²) in [5.74, 6) is 3.40. The highest BCUT2D eigenvalue weighted by molar-refractivity contribution is 5.69. The third-order valence-electron chi connectivity index (χ3n) is 7.13. The van der Waals surface area contributed by atoms with E-state index in [1.807, 2.05) is 6.92 Å². The molecule has 0 aromatic rings. The van der Waals surface area contributed by atoms with Gasteiger partial charge in [0.15, 0.2) is 0 Å². The first kappa shape index (κ1) is 17.0. The smallest absolute Gasteiger partial charge is 0.407 e. The Labute approximate surface area is 149 Å². The molecule has 0 aromatic carbocycles. The molecule has 5 aliphatic rings. The lowest BCUT2D eigenvalue weighted by Crippen LogP contribution is -2.58. The van der Waals surface area contributed by atoms with E-state index in [0.29, 0.717) is 37.3 Å². The van der Waals surface area contributed by atoms with E-state index in [1.54, 1.807) is 4.90 Å². The van der Waals surface area contributed by atoms with Crippen LogP contribution in [0.5, 0.6) is 0 Å². The molecule has 140 valence electrons. The number of hydrogen-bond donors (Lipinski definition) is 2. The van der Waals surface area contributed by atoms with Crippen LogP contribution in [0.3, 0.4) is 0 Å². The number of alkyl carbamates (subject to hydrolysis) is 1. The van der Waals surface area contributed by atoms with Gasteiger partial charge in [0, 0.05) is 6.54 Å². The van der Waals surface area contributed by atoms with Gasteiger partial charge >= 0.3 is 12.2 Å². The number of nitrogens with one attached hydrogen (secondary N) is 1. The Hall–Kier alpha value is -1.46. The molecular weight excluding hydrogens is 320 g/mol. The van der Waals surface area contributed by atoms with Crippen molar-refractivity contribution in [3.05, 3.63) is 0 Å². The normalized spacial score (nSPS) is 41.8. The first-order valence-electron chi connectivity index (χ1n) is 9.99. The highest BCUT2D eigenvalue weighted by Crippen LogP contribution is 2.58. The maximum absolute atomic E-state index is 12.1. The van der Waals surface area contributed by atoms with Gasteiger partial charge in [0.25, 0.3) is 0 Å². The lowest BCUT2D eigenvalue weighted by atomic mass is 9.50. The first-order valence-corrected chi connectivity index (χ1v) is 9.99. The van der Waals surface area contributed by atoms with Crippen LogP contribution in [0.4, 0.5) is 9.59 Å². The first-order chi connectivity index (χ1) is 12.1. The predicted octanol–water partition coefficient (Wildman–Crippen LogP) is 3.32. The second-order valence-electron chi connectivity index (χ2n) is 8.65. The maximum atomic E-state index is 12.1. The second kappa shape index (κ2) is 6.69. The minimum atomic E-state index is -0.843. The van der Waals surface area contributed by atoms with Crippen LogP contribution in [0.15, 0.2) is 0 Å². The number of rotatable bonds is 4. The fraction of sp³-hybridized carbons (Fsp3) is 0.895. The molecule has 1 aliphatic heterocycles. The van der Waals surface area contributed by atoms with Crippen LogP contribution in [0.1, 0.15) is 51.9 Å². The molecule has 2 N–H and O–H groups in total. The standard InChI is InChI=1S/C19H30N2O4/c1-2-5-25-18(22)20-15-3-4-21(19(23)24)17(15)16-13-7-11-6-12(9-13)10-14(16)8-11/h11-17H,2-10H2,1H3,(H,20,22)(H,23,24)/t11?,12?,13?,14?,15?,16?,17-/m0/s1. The van der Waals surface area contributed by atoms with E-state index in [2.05, 4.69) is 5.32 Å². The van der Waals surface area contributed by atoms with Gasteiger partial charge in [-0.1, -0.05) is 6.92 Å². The molecule has 6 nitrogen and oxygen atoms in total. The summed E-state index contributed by atoms with van der Waals surface area (Å²) in [5.41, 5.74) is 0. The molecule has 5 rings (SSSR count). The molecule has 1 heterocycles. The molecule has 4 aliphatic carbocycles. The van der Waals surface area contributed by atoms with E-state index in [0.717, 1.165) is 18.3 Å². The molecule has 1 unspecified atom stereocenters. The van der Waals surface area contributed by atoms with Crippen LogP contribution in [0.25, 0.3) is 0 Å². The summed E-state index contributed by atoms with van der Waals surface area (Å²) in [7, 11) is 0. The van der Waals surface area contributed by atoms with Crippen molar-refractivity contribution in [2.45, 2.75) is 64.0 Å². The molecule has 2 atom stereocenters. The molecule has 0 aromatic heterocycles. The number of amides is 2. The number of nitrogens with zero attached hydrogens (tertiary/aromatic N) is 1. The lowest BCUT2D eigenvalue weighted by molar-refractivity contribution is -0.0674. The highest BCUT2D eigenvalue weighted by Gasteiger charge is 2.55. The molecule has 0 radical (unpaired) electrons. The van der Waals surface area contributed by atoms with Gasteiger partial charge in [0.2, 0.25) is 0 Å². The van der Waals surface area contributed by atoms with Crippen molar-refractivity contribution in [2.75, 3.05) is 13.2 Å². The summed E-state index contributed by atoms with van der Waals surface area (Å²) in [6.07, 6.45) is 6.67. The molecule has 0 spiro atoms. The largest absolute Gasteiger partial charge is 0.465 e. The van der Waals surface area contributed by atoms with Crippen LogP contribution >= 0.6 is 0 Å². The molecule has 1 saturated heterocycles. The monoisotopic (exact) mass is 350 g/mol. The van der Waals surface area contributed by atoms with Crippen molar-refractivity contribution in [3.63, 3.8) is 0 Å². The van der Waals surface area contributed by atoms with E-state index >= 15 is 0 Å². The number of ether oxygens (including phenoxy) is 1. The molecule has 25 heavy (non-hydrogen) atoms. The van der Waals surface area contributed by atoms with E-state index in [-0.39, 0.29) is 12.1 Å². The minimum Gasteiger partial charge on any atom is -0.465 e. The third-order valence-corrected chi connectivity index (χ3v) is 7.13. The molecular formula is C19H30N2O4. The quantitative estimate of drug-likeness (QED) is 0.815. The Kier molecular flexibility index (Phi) is 4.54. The summed E-state index contributed by atoms with van der Waals surface area (Å²) in [5, 5.41) is 12.7. The number of likely N-dealkylation sites (tertiary alicyclic amines) is 1. The minimum absolute atomic E-state index is 0.0818. The van der Waals surface area contributed by atoms with Crippen LogP contribution in [0.2, 0.25) is 0 Å². The van der Waals surface area contributed by atoms with Gasteiger partial charge < -0.3 is 20.1 Å². The van der Waals surface area contributed by atoms with Crippen molar-refractivity contribution < 1.29 is 19.4 Å². The second-order valence-corrected chi connectivity index (χ2v) is 8.65. The zero-order valence-electron chi connectivity index (χ0n) is 15.0. The number of carbonyl (C=O) groups is 2. The van der Waals surface area contributed by atoms with Crippen LogP contribution < -0.4 is 5.32 Å². The fourth-order valence-corrected chi connectivity index (χ4v) is 6.58. The van der Waals surface area contributed by atoms with Crippen molar-refractivity contribution in [1.82, 2.24) is 10.2 Å². The van der Waals surface area contributed by atoms with Crippen LogP contribution in [0, 0.1) is 29.6 Å². The zero-order valence-corrected chi connectivity index (χ0v) is 15.0. The van der Waals surface area contributed by atoms with E-state index in [9.17, 15) is 14.7 Å². The van der Waals surface area contributed by atoms with Gasteiger partial charge in [0.05, 0.1) is 18.7 Å². The summed E-state index contributed by atoms with van der Waals surface area (Å²) in [4.78, 5) is 25.5. The number of carbonyl (C=O) groups excluding carboxylic acids is 1. The van der Waals surface area contributed by atoms with Crippen LogP contribution in [-0.4, -0.2) is 47.4 Å². The summed E-state index contributed by atoms with van der Waals surface area (Å²) in [6.45, 7) is 2.89. The molecule has 4 saturated carbocycles. The average Bonchev–Trinajstić information content (AvgIpc) is 2.95. The molecule has 6 heteroatoms. The van der Waals surface area contributed by atoms with Gasteiger partial charge in [0.1, 0.15) is 0 Å². The maximum Gasteiger partial charge on any atom is 0.407 e. The molecule has 4 bridgehead atoms. The molecule has 2 amide bonds. The SMILES string of the molecule is CCCOC(=O)NC1CCN(C(=O)O)[C@@H]1C1C2CC3CC(C2)CC1C3. The van der Waals surface area contributed by atoms with E-state index in [1.165, 1.54) is 32.1 Å². The Morgan fingerprint density at radius 1 is 1.12 bits per heavy atom. The highest BCUT2D eigenvalue weighted by atomic mass is 16.5. The van der Waals surface area contributed by atoms with Crippen molar-refractivity contribution in [1.29, 1.82) is 0 Å². The predicted molar refractivity (Wildman–Crippen MR) is 92.2 cm³/mol. The van der Waals surface area contributed by atoms with Gasteiger partial charge in [-0.15, -0.1) is 0 Å². The van der Waals surface area contributed by atoms with Crippen molar-refractivity contribution >= 4 is 12.2 Å². The lowest BCUT2D eigenvalue weighted by Gasteiger charge is -2.57. The Bertz CT molecular complexity index is 510. The topological polar surface area (TPSA) is 78.9 Å². The van der Waals surface area contributed by atoms with Gasteiger partial charge in [-0.3, -0.25) is 0 Å². The average molecular weight is 350 g/mol. The third kappa shape index (κ3) is 3.08. The number of hydrogen-bond acceptors (Lipinski definition) is 3. The van der Waals surface area contributed by atoms with E-state index < -0.39 is 12.2 Å². The van der Waals surface area contributed by atoms with Crippen LogP contribution in [-0.2, 0) is 4.74 Å². The Morgan fingerprint density at radius 3 is 2.32 bits per heavy atom.